The monoisotopic (exact) mass is 327 g/mol. The minimum atomic E-state index is -0.845. The quantitative estimate of drug-likeness (QED) is 0.883. The van der Waals surface area contributed by atoms with E-state index in [0.29, 0.717) is 12.5 Å². The Morgan fingerprint density at radius 2 is 2.17 bits per heavy atom. The van der Waals surface area contributed by atoms with Gasteiger partial charge in [-0.1, -0.05) is 0 Å². The van der Waals surface area contributed by atoms with Gasteiger partial charge in [-0.2, -0.15) is 0 Å². The molecule has 0 fully saturated rings. The van der Waals surface area contributed by atoms with Crippen molar-refractivity contribution >= 4 is 39.2 Å². The maximum absolute atomic E-state index is 10.3. The van der Waals surface area contributed by atoms with Crippen LogP contribution in [0.5, 0.6) is 0 Å². The lowest BCUT2D eigenvalue weighted by atomic mass is 10.3. The first-order valence-electron chi connectivity index (χ1n) is 5.17. The molecule has 5 nitrogen and oxygen atoms in total. The molecule has 2 aromatic heterocycles. The van der Waals surface area contributed by atoms with E-state index in [1.807, 2.05) is 11.4 Å². The van der Waals surface area contributed by atoms with Gasteiger partial charge >= 0.3 is 5.97 Å². The molecule has 2 heterocycles. The molecular formula is C11H10BrN3O2S. The number of anilines is 1. The van der Waals surface area contributed by atoms with E-state index in [2.05, 4.69) is 31.2 Å². The minimum absolute atomic E-state index is 0.0446. The van der Waals surface area contributed by atoms with Crippen LogP contribution in [0.1, 0.15) is 6.42 Å². The van der Waals surface area contributed by atoms with Crippen LogP contribution in [0.2, 0.25) is 0 Å². The number of hydrogen-bond acceptors (Lipinski definition) is 5. The third-order valence-corrected chi connectivity index (χ3v) is 3.87. The molecule has 0 bridgehead atoms. The molecule has 0 saturated carbocycles. The van der Waals surface area contributed by atoms with Crippen LogP contribution < -0.4 is 5.32 Å². The fourth-order valence-electron chi connectivity index (χ4n) is 1.29. The second kappa shape index (κ2) is 5.92. The van der Waals surface area contributed by atoms with Crippen LogP contribution in [0, 0.1) is 0 Å². The molecule has 2 N–H and O–H groups in total. The van der Waals surface area contributed by atoms with Gasteiger partial charge in [0.15, 0.2) is 0 Å². The summed E-state index contributed by atoms with van der Waals surface area (Å²) in [5.41, 5.74) is 0.939. The van der Waals surface area contributed by atoms with E-state index < -0.39 is 5.97 Å². The summed E-state index contributed by atoms with van der Waals surface area (Å²) in [6.07, 6.45) is 3.48. The SMILES string of the molecule is O=C(O)CCNc1ncc(-c2cc(Br)cs2)cn1. The van der Waals surface area contributed by atoms with E-state index in [0.717, 1.165) is 14.9 Å². The van der Waals surface area contributed by atoms with Crippen molar-refractivity contribution < 1.29 is 9.90 Å². The van der Waals surface area contributed by atoms with Crippen molar-refractivity contribution in [2.24, 2.45) is 0 Å². The Morgan fingerprint density at radius 3 is 2.72 bits per heavy atom. The molecule has 2 rings (SSSR count). The van der Waals surface area contributed by atoms with Crippen molar-refractivity contribution in [3.63, 3.8) is 0 Å². The highest BCUT2D eigenvalue weighted by Gasteiger charge is 2.03. The van der Waals surface area contributed by atoms with Crippen molar-refractivity contribution in [3.05, 3.63) is 28.3 Å². The fraction of sp³-hybridized carbons (Fsp3) is 0.182. The lowest BCUT2D eigenvalue weighted by Crippen LogP contribution is -2.09. The molecular weight excluding hydrogens is 318 g/mol. The van der Waals surface area contributed by atoms with Gasteiger partial charge in [0.2, 0.25) is 5.95 Å². The zero-order valence-electron chi connectivity index (χ0n) is 9.26. The molecule has 0 unspecified atom stereocenters. The van der Waals surface area contributed by atoms with Gasteiger partial charge in [0, 0.05) is 39.2 Å². The van der Waals surface area contributed by atoms with Gasteiger partial charge < -0.3 is 10.4 Å². The van der Waals surface area contributed by atoms with Gasteiger partial charge in [0.25, 0.3) is 0 Å². The van der Waals surface area contributed by atoms with Crippen LogP contribution in [-0.4, -0.2) is 27.6 Å². The number of carboxylic acid groups (broad SMARTS) is 1. The minimum Gasteiger partial charge on any atom is -0.481 e. The van der Waals surface area contributed by atoms with Gasteiger partial charge in [-0.15, -0.1) is 11.3 Å². The average Bonchev–Trinajstić information content (AvgIpc) is 2.76. The Bertz CT molecular complexity index is 541. The lowest BCUT2D eigenvalue weighted by molar-refractivity contribution is -0.136. The second-order valence-electron chi connectivity index (χ2n) is 3.50. The molecule has 0 atom stereocenters. The van der Waals surface area contributed by atoms with Crippen LogP contribution in [-0.2, 0) is 4.79 Å². The number of aromatic nitrogens is 2. The first kappa shape index (κ1) is 13.0. The van der Waals surface area contributed by atoms with Crippen LogP contribution >= 0.6 is 27.3 Å². The van der Waals surface area contributed by atoms with Crippen LogP contribution in [0.15, 0.2) is 28.3 Å². The molecule has 2 aromatic rings. The van der Waals surface area contributed by atoms with E-state index in [9.17, 15) is 4.79 Å². The lowest BCUT2D eigenvalue weighted by Gasteiger charge is -2.02. The van der Waals surface area contributed by atoms with Crippen LogP contribution in [0.4, 0.5) is 5.95 Å². The van der Waals surface area contributed by atoms with Crippen molar-refractivity contribution in [2.75, 3.05) is 11.9 Å². The van der Waals surface area contributed by atoms with E-state index in [4.69, 9.17) is 5.11 Å². The summed E-state index contributed by atoms with van der Waals surface area (Å²) in [7, 11) is 0. The Labute approximate surface area is 116 Å². The highest BCUT2D eigenvalue weighted by molar-refractivity contribution is 9.10. The smallest absolute Gasteiger partial charge is 0.305 e. The predicted octanol–water partition coefficient (Wildman–Crippen LogP) is 2.85. The molecule has 0 spiro atoms. The van der Waals surface area contributed by atoms with Crippen molar-refractivity contribution in [1.82, 2.24) is 9.97 Å². The standard InChI is InChI=1S/C11H10BrN3O2S/c12-8-3-9(18-6-8)7-4-14-11(15-5-7)13-2-1-10(16)17/h3-6H,1-2H2,(H,16,17)(H,13,14,15). The fourth-order valence-corrected chi connectivity index (χ4v) is 2.70. The number of thiophene rings is 1. The molecule has 0 radical (unpaired) electrons. The van der Waals surface area contributed by atoms with Crippen LogP contribution in [0.3, 0.4) is 0 Å². The topological polar surface area (TPSA) is 75.1 Å². The summed E-state index contributed by atoms with van der Waals surface area (Å²) in [4.78, 5) is 19.7. The van der Waals surface area contributed by atoms with Gasteiger partial charge in [0.05, 0.1) is 6.42 Å². The van der Waals surface area contributed by atoms with Gasteiger partial charge in [0.1, 0.15) is 0 Å². The zero-order valence-corrected chi connectivity index (χ0v) is 11.7. The molecule has 0 aromatic carbocycles. The Hall–Kier alpha value is -1.47. The third kappa shape index (κ3) is 3.51. The van der Waals surface area contributed by atoms with Gasteiger partial charge in [-0.25, -0.2) is 9.97 Å². The highest BCUT2D eigenvalue weighted by Crippen LogP contribution is 2.28. The summed E-state index contributed by atoms with van der Waals surface area (Å²) < 4.78 is 1.03. The molecule has 7 heteroatoms. The van der Waals surface area contributed by atoms with Gasteiger partial charge in [-0.05, 0) is 22.0 Å². The van der Waals surface area contributed by atoms with E-state index >= 15 is 0 Å². The Balaban J connectivity index is 1.99. The molecule has 94 valence electrons. The number of nitrogens with zero attached hydrogens (tertiary/aromatic N) is 2. The maximum atomic E-state index is 10.3. The third-order valence-electron chi connectivity index (χ3n) is 2.13. The molecule has 18 heavy (non-hydrogen) atoms. The first-order valence-corrected chi connectivity index (χ1v) is 6.84. The summed E-state index contributed by atoms with van der Waals surface area (Å²) in [5, 5.41) is 13.3. The Kier molecular flexibility index (Phi) is 4.27. The maximum Gasteiger partial charge on any atom is 0.305 e. The molecule has 0 aliphatic rings. The number of carboxylic acids is 1. The molecule has 0 aliphatic heterocycles. The summed E-state index contributed by atoms with van der Waals surface area (Å²) in [5.74, 6) is -0.404. The molecule has 0 amide bonds. The first-order chi connectivity index (χ1) is 8.65. The number of hydrogen-bond donors (Lipinski definition) is 2. The normalized spacial score (nSPS) is 10.3. The van der Waals surface area contributed by atoms with Gasteiger partial charge in [-0.3, -0.25) is 4.79 Å². The summed E-state index contributed by atoms with van der Waals surface area (Å²) >= 11 is 5.00. The second-order valence-corrected chi connectivity index (χ2v) is 5.32. The molecule has 0 aliphatic carbocycles. The van der Waals surface area contributed by atoms with E-state index in [1.165, 1.54) is 0 Å². The van der Waals surface area contributed by atoms with Crippen molar-refractivity contribution in [3.8, 4) is 10.4 Å². The highest BCUT2D eigenvalue weighted by atomic mass is 79.9. The summed E-state index contributed by atoms with van der Waals surface area (Å²) in [6.45, 7) is 0.319. The summed E-state index contributed by atoms with van der Waals surface area (Å²) in [6, 6.07) is 2.00. The largest absolute Gasteiger partial charge is 0.481 e. The van der Waals surface area contributed by atoms with E-state index in [-0.39, 0.29) is 6.42 Å². The number of nitrogens with one attached hydrogen (secondary N) is 1. The molecule has 0 saturated heterocycles. The zero-order chi connectivity index (χ0) is 13.0. The van der Waals surface area contributed by atoms with Crippen molar-refractivity contribution in [2.45, 2.75) is 6.42 Å². The van der Waals surface area contributed by atoms with E-state index in [1.54, 1.807) is 23.7 Å². The predicted molar refractivity (Wildman–Crippen MR) is 73.8 cm³/mol. The average molecular weight is 328 g/mol. The van der Waals surface area contributed by atoms with Crippen LogP contribution in [0.25, 0.3) is 10.4 Å². The number of halogens is 1. The number of aliphatic carboxylic acids is 1. The number of carbonyl (C=O) groups is 1. The number of rotatable bonds is 5. The van der Waals surface area contributed by atoms with Crippen molar-refractivity contribution in [1.29, 1.82) is 0 Å². The Morgan fingerprint density at radius 1 is 1.44 bits per heavy atom.